The summed E-state index contributed by atoms with van der Waals surface area (Å²) < 4.78 is 4.62. The zero-order chi connectivity index (χ0) is 12.2. The fourth-order valence-electron chi connectivity index (χ4n) is 0.897. The highest BCUT2D eigenvalue weighted by atomic mass is 28.3. The summed E-state index contributed by atoms with van der Waals surface area (Å²) in [6, 6.07) is 3.28. The van der Waals surface area contributed by atoms with Gasteiger partial charge in [0.05, 0.1) is 6.20 Å². The Morgan fingerprint density at radius 1 is 1.31 bits per heavy atom. The summed E-state index contributed by atoms with van der Waals surface area (Å²) >= 11 is 0. The highest BCUT2D eigenvalue weighted by molar-refractivity contribution is 6.83. The SMILES string of the molecule is C[Si](C)(C)C#Cc1ccc(OB(O)O)cn1. The van der Waals surface area contributed by atoms with E-state index in [0.29, 0.717) is 11.4 Å². The topological polar surface area (TPSA) is 62.6 Å². The number of aromatic nitrogens is 1. The standard InChI is InChI=1S/C10H14BNO3Si/c1-16(2,3)7-6-9-4-5-10(8-12-9)15-11(13)14/h4-5,8,13-14H,1-3H3. The predicted molar refractivity (Wildman–Crippen MR) is 65.3 cm³/mol. The monoisotopic (exact) mass is 235 g/mol. The minimum Gasteiger partial charge on any atom is -0.511 e. The van der Waals surface area contributed by atoms with E-state index in [-0.39, 0.29) is 0 Å². The van der Waals surface area contributed by atoms with Gasteiger partial charge in [-0.1, -0.05) is 25.6 Å². The van der Waals surface area contributed by atoms with Crippen LogP contribution in [0.15, 0.2) is 18.3 Å². The zero-order valence-electron chi connectivity index (χ0n) is 9.56. The molecule has 0 aliphatic heterocycles. The molecule has 0 unspecified atom stereocenters. The molecular formula is C10H14BNO3Si. The van der Waals surface area contributed by atoms with Gasteiger partial charge in [0.25, 0.3) is 0 Å². The van der Waals surface area contributed by atoms with E-state index in [1.807, 2.05) is 0 Å². The highest BCUT2D eigenvalue weighted by Gasteiger charge is 2.11. The van der Waals surface area contributed by atoms with Crippen molar-refractivity contribution >= 4 is 15.4 Å². The number of hydrogen-bond donors (Lipinski definition) is 2. The van der Waals surface area contributed by atoms with E-state index < -0.39 is 15.4 Å². The number of rotatable bonds is 2. The van der Waals surface area contributed by atoms with E-state index in [1.165, 1.54) is 6.20 Å². The van der Waals surface area contributed by atoms with Gasteiger partial charge in [-0.15, -0.1) is 5.54 Å². The van der Waals surface area contributed by atoms with Gasteiger partial charge in [0.15, 0.2) is 0 Å². The third kappa shape index (κ3) is 4.98. The Kier molecular flexibility index (Phi) is 4.13. The molecule has 1 rings (SSSR count). The van der Waals surface area contributed by atoms with Crippen molar-refractivity contribution in [1.82, 2.24) is 4.98 Å². The van der Waals surface area contributed by atoms with Crippen LogP contribution in [-0.4, -0.2) is 30.4 Å². The Labute approximate surface area is 96.5 Å². The van der Waals surface area contributed by atoms with Crippen molar-refractivity contribution in [2.45, 2.75) is 19.6 Å². The molecule has 0 radical (unpaired) electrons. The molecule has 0 fully saturated rings. The summed E-state index contributed by atoms with van der Waals surface area (Å²) in [7, 11) is -3.21. The summed E-state index contributed by atoms with van der Waals surface area (Å²) in [6.45, 7) is 6.46. The quantitative estimate of drug-likeness (QED) is 0.583. The van der Waals surface area contributed by atoms with E-state index in [0.717, 1.165) is 0 Å². The maximum absolute atomic E-state index is 8.57. The van der Waals surface area contributed by atoms with E-state index >= 15 is 0 Å². The van der Waals surface area contributed by atoms with Crippen LogP contribution >= 0.6 is 0 Å². The van der Waals surface area contributed by atoms with Crippen molar-refractivity contribution < 1.29 is 14.7 Å². The fraction of sp³-hybridized carbons (Fsp3) is 0.300. The molecule has 0 saturated heterocycles. The number of pyridine rings is 1. The van der Waals surface area contributed by atoms with Gasteiger partial charge in [-0.25, -0.2) is 4.98 Å². The van der Waals surface area contributed by atoms with Crippen LogP contribution < -0.4 is 4.65 Å². The van der Waals surface area contributed by atoms with Gasteiger partial charge >= 0.3 is 7.32 Å². The molecule has 0 amide bonds. The van der Waals surface area contributed by atoms with E-state index in [2.05, 4.69) is 40.7 Å². The lowest BCUT2D eigenvalue weighted by Gasteiger charge is -2.04. The molecule has 0 spiro atoms. The summed E-state index contributed by atoms with van der Waals surface area (Å²) in [6.07, 6.45) is 1.41. The van der Waals surface area contributed by atoms with Crippen LogP contribution in [0, 0.1) is 11.5 Å². The van der Waals surface area contributed by atoms with Gasteiger partial charge in [-0.2, -0.15) is 0 Å². The Bertz CT molecular complexity index is 403. The van der Waals surface area contributed by atoms with E-state index in [1.54, 1.807) is 12.1 Å². The Morgan fingerprint density at radius 2 is 2.00 bits per heavy atom. The molecule has 1 aromatic heterocycles. The lowest BCUT2D eigenvalue weighted by Crippen LogP contribution is -2.20. The summed E-state index contributed by atoms with van der Waals surface area (Å²) in [5, 5.41) is 17.1. The molecule has 2 N–H and O–H groups in total. The first kappa shape index (κ1) is 12.8. The zero-order valence-corrected chi connectivity index (χ0v) is 10.6. The first-order valence-electron chi connectivity index (χ1n) is 4.89. The molecule has 16 heavy (non-hydrogen) atoms. The highest BCUT2D eigenvalue weighted by Crippen LogP contribution is 2.08. The average molecular weight is 235 g/mol. The maximum atomic E-state index is 8.57. The Hall–Kier alpha value is -1.29. The molecule has 4 nitrogen and oxygen atoms in total. The van der Waals surface area contributed by atoms with Crippen LogP contribution in [-0.2, 0) is 0 Å². The Morgan fingerprint density at radius 3 is 2.44 bits per heavy atom. The third-order valence-electron chi connectivity index (χ3n) is 1.54. The van der Waals surface area contributed by atoms with Crippen molar-refractivity contribution in [2.75, 3.05) is 0 Å². The van der Waals surface area contributed by atoms with Crippen molar-refractivity contribution in [1.29, 1.82) is 0 Å². The second-order valence-electron chi connectivity index (χ2n) is 4.32. The van der Waals surface area contributed by atoms with Crippen molar-refractivity contribution in [3.63, 3.8) is 0 Å². The molecule has 84 valence electrons. The van der Waals surface area contributed by atoms with Crippen LogP contribution in [0.3, 0.4) is 0 Å². The number of hydrogen-bond acceptors (Lipinski definition) is 4. The van der Waals surface area contributed by atoms with E-state index in [9.17, 15) is 0 Å². The van der Waals surface area contributed by atoms with Gasteiger partial charge in [0.1, 0.15) is 19.5 Å². The van der Waals surface area contributed by atoms with E-state index in [4.69, 9.17) is 10.0 Å². The van der Waals surface area contributed by atoms with Gasteiger partial charge in [0.2, 0.25) is 0 Å². The summed E-state index contributed by atoms with van der Waals surface area (Å²) in [5.41, 5.74) is 3.84. The average Bonchev–Trinajstić information content (AvgIpc) is 2.14. The molecule has 0 saturated carbocycles. The predicted octanol–water partition coefficient (Wildman–Crippen LogP) is 0.659. The first-order chi connectivity index (χ1) is 7.37. The first-order valence-corrected chi connectivity index (χ1v) is 8.39. The van der Waals surface area contributed by atoms with Crippen LogP contribution in [0.5, 0.6) is 5.75 Å². The molecule has 1 heterocycles. The molecule has 0 atom stereocenters. The Balaban J connectivity index is 2.75. The van der Waals surface area contributed by atoms with Crippen molar-refractivity contribution in [3.8, 4) is 17.2 Å². The fourth-order valence-corrected chi connectivity index (χ4v) is 1.40. The second-order valence-corrected chi connectivity index (χ2v) is 9.07. The lowest BCUT2D eigenvalue weighted by atomic mass is 10.2. The summed E-state index contributed by atoms with van der Waals surface area (Å²) in [5.74, 6) is 3.28. The minimum absolute atomic E-state index is 0.300. The van der Waals surface area contributed by atoms with Crippen molar-refractivity contribution in [3.05, 3.63) is 24.0 Å². The molecule has 0 aliphatic carbocycles. The molecule has 0 aliphatic rings. The summed E-state index contributed by atoms with van der Waals surface area (Å²) in [4.78, 5) is 4.04. The molecule has 6 heteroatoms. The lowest BCUT2D eigenvalue weighted by molar-refractivity contribution is 0.287. The van der Waals surface area contributed by atoms with Crippen LogP contribution in [0.25, 0.3) is 0 Å². The van der Waals surface area contributed by atoms with Crippen molar-refractivity contribution in [2.24, 2.45) is 0 Å². The molecule has 1 aromatic rings. The van der Waals surface area contributed by atoms with Gasteiger partial charge < -0.3 is 14.7 Å². The molecule has 0 bridgehead atoms. The van der Waals surface area contributed by atoms with Crippen LogP contribution in [0.2, 0.25) is 19.6 Å². The van der Waals surface area contributed by atoms with Crippen LogP contribution in [0.4, 0.5) is 0 Å². The minimum atomic E-state index is -1.82. The van der Waals surface area contributed by atoms with Gasteiger partial charge in [-0.3, -0.25) is 0 Å². The largest absolute Gasteiger partial charge is 0.707 e. The second kappa shape index (κ2) is 5.17. The third-order valence-corrected chi connectivity index (χ3v) is 2.42. The van der Waals surface area contributed by atoms with Crippen LogP contribution in [0.1, 0.15) is 5.69 Å². The van der Waals surface area contributed by atoms with Gasteiger partial charge in [-0.05, 0) is 12.1 Å². The normalized spacial score (nSPS) is 10.3. The van der Waals surface area contributed by atoms with Gasteiger partial charge in [0, 0.05) is 0 Å². The molecular weight excluding hydrogens is 221 g/mol. The molecule has 0 aromatic carbocycles. The smallest absolute Gasteiger partial charge is 0.511 e. The maximum Gasteiger partial charge on any atom is 0.707 e. The number of nitrogens with zero attached hydrogens (tertiary/aromatic N) is 1.